The number of benzene rings is 1. The second-order valence-corrected chi connectivity index (χ2v) is 7.37. The van der Waals surface area contributed by atoms with Gasteiger partial charge in [0.25, 0.3) is 0 Å². The molecule has 0 aliphatic heterocycles. The summed E-state index contributed by atoms with van der Waals surface area (Å²) in [5, 5.41) is 2.34. The first-order chi connectivity index (χ1) is 11.5. The van der Waals surface area contributed by atoms with E-state index in [1.54, 1.807) is 0 Å². The van der Waals surface area contributed by atoms with Crippen molar-refractivity contribution in [3.05, 3.63) is 29.8 Å². The molecule has 0 aliphatic carbocycles. The van der Waals surface area contributed by atoms with Gasteiger partial charge >= 0.3 is 6.18 Å². The van der Waals surface area contributed by atoms with Crippen LogP contribution in [0.25, 0.3) is 0 Å². The minimum Gasteiger partial charge on any atom is -0.385 e. The van der Waals surface area contributed by atoms with Crippen LogP contribution in [0.4, 0.5) is 18.9 Å². The predicted molar refractivity (Wildman–Crippen MR) is 87.6 cm³/mol. The van der Waals surface area contributed by atoms with Crippen molar-refractivity contribution in [3.8, 4) is 0 Å². The Kier molecular flexibility index (Phi) is 7.84. The van der Waals surface area contributed by atoms with Crippen LogP contribution in [-0.4, -0.2) is 51.7 Å². The van der Waals surface area contributed by atoms with Gasteiger partial charge in [-0.3, -0.25) is 4.79 Å². The zero-order valence-corrected chi connectivity index (χ0v) is 14.8. The van der Waals surface area contributed by atoms with Gasteiger partial charge in [0.15, 0.2) is 0 Å². The number of ether oxygens (including phenoxy) is 1. The summed E-state index contributed by atoms with van der Waals surface area (Å²) in [6.07, 6.45) is -3.17. The average Bonchev–Trinajstić information content (AvgIpc) is 2.49. The van der Waals surface area contributed by atoms with Crippen LogP contribution < -0.4 is 5.32 Å². The van der Waals surface area contributed by atoms with Crippen LogP contribution in [-0.2, 0) is 25.7 Å². The van der Waals surface area contributed by atoms with Gasteiger partial charge in [0.1, 0.15) is 0 Å². The first-order valence-electron chi connectivity index (χ1n) is 7.45. The Balaban J connectivity index is 2.63. The van der Waals surface area contributed by atoms with Crippen LogP contribution in [0.1, 0.15) is 18.4 Å². The zero-order valence-electron chi connectivity index (χ0n) is 14.0. The maximum absolute atomic E-state index is 12.6. The molecule has 1 rings (SSSR count). The number of rotatable bonds is 9. The van der Waals surface area contributed by atoms with E-state index in [9.17, 15) is 26.4 Å². The molecule has 1 aromatic rings. The Morgan fingerprint density at radius 2 is 1.96 bits per heavy atom. The highest BCUT2D eigenvalue weighted by Gasteiger charge is 2.30. The van der Waals surface area contributed by atoms with E-state index >= 15 is 0 Å². The monoisotopic (exact) mass is 382 g/mol. The summed E-state index contributed by atoms with van der Waals surface area (Å²) in [5.41, 5.74) is -0.868. The number of halogens is 3. The first kappa shape index (κ1) is 21.4. The first-order valence-corrected chi connectivity index (χ1v) is 9.30. The van der Waals surface area contributed by atoms with Crippen molar-refractivity contribution in [2.24, 2.45) is 0 Å². The van der Waals surface area contributed by atoms with Crippen LogP contribution in [0.15, 0.2) is 24.3 Å². The summed E-state index contributed by atoms with van der Waals surface area (Å²) in [7, 11) is -2.00. The molecule has 6 nitrogen and oxygen atoms in total. The molecule has 0 saturated carbocycles. The zero-order chi connectivity index (χ0) is 19.1. The lowest BCUT2D eigenvalue weighted by atomic mass is 10.2. The third-order valence-electron chi connectivity index (χ3n) is 3.29. The van der Waals surface area contributed by atoms with Gasteiger partial charge in [0.05, 0.1) is 11.8 Å². The van der Waals surface area contributed by atoms with Gasteiger partial charge in [0, 0.05) is 38.9 Å². The SMILES string of the molecule is COCCCN(CCC(=O)Nc1cccc(C(F)(F)F)c1)S(C)(=O)=O. The fourth-order valence-electron chi connectivity index (χ4n) is 2.05. The smallest absolute Gasteiger partial charge is 0.385 e. The highest BCUT2D eigenvalue weighted by molar-refractivity contribution is 7.88. The van der Waals surface area contributed by atoms with E-state index in [2.05, 4.69) is 5.32 Å². The van der Waals surface area contributed by atoms with Crippen molar-refractivity contribution in [1.29, 1.82) is 0 Å². The molecule has 0 unspecified atom stereocenters. The van der Waals surface area contributed by atoms with Crippen molar-refractivity contribution < 1.29 is 31.1 Å². The Labute approximate surface area is 145 Å². The number of carbonyl (C=O) groups is 1. The summed E-state index contributed by atoms with van der Waals surface area (Å²) < 4.78 is 67.3. The quantitative estimate of drug-likeness (QED) is 0.665. The number of nitrogens with one attached hydrogen (secondary N) is 1. The van der Waals surface area contributed by atoms with E-state index in [1.807, 2.05) is 0 Å². The Morgan fingerprint density at radius 1 is 1.28 bits per heavy atom. The maximum atomic E-state index is 12.6. The molecule has 1 aromatic carbocycles. The molecule has 10 heteroatoms. The molecule has 0 aromatic heterocycles. The number of amides is 1. The van der Waals surface area contributed by atoms with Crippen molar-refractivity contribution in [2.75, 3.05) is 38.4 Å². The van der Waals surface area contributed by atoms with Gasteiger partial charge in [-0.15, -0.1) is 0 Å². The molecular weight excluding hydrogens is 361 g/mol. The number of carbonyl (C=O) groups excluding carboxylic acids is 1. The van der Waals surface area contributed by atoms with Crippen molar-refractivity contribution in [3.63, 3.8) is 0 Å². The molecule has 0 fully saturated rings. The second-order valence-electron chi connectivity index (χ2n) is 5.39. The fourth-order valence-corrected chi connectivity index (χ4v) is 2.94. The summed E-state index contributed by atoms with van der Waals surface area (Å²) in [5.74, 6) is -0.570. The summed E-state index contributed by atoms with van der Waals surface area (Å²) >= 11 is 0. The summed E-state index contributed by atoms with van der Waals surface area (Å²) in [6.45, 7) is 0.513. The molecule has 0 spiro atoms. The summed E-state index contributed by atoms with van der Waals surface area (Å²) in [4.78, 5) is 11.9. The largest absolute Gasteiger partial charge is 0.416 e. The van der Waals surface area contributed by atoms with Crippen LogP contribution in [0, 0.1) is 0 Å². The van der Waals surface area contributed by atoms with Crippen LogP contribution in [0.2, 0.25) is 0 Å². The molecule has 0 atom stereocenters. The van der Waals surface area contributed by atoms with Gasteiger partial charge in [-0.05, 0) is 24.6 Å². The third-order valence-corrected chi connectivity index (χ3v) is 4.59. The number of hydrogen-bond donors (Lipinski definition) is 1. The number of sulfonamides is 1. The van der Waals surface area contributed by atoms with Crippen LogP contribution >= 0.6 is 0 Å². The molecule has 1 amide bonds. The van der Waals surface area contributed by atoms with E-state index in [0.29, 0.717) is 13.0 Å². The van der Waals surface area contributed by atoms with Crippen molar-refractivity contribution in [1.82, 2.24) is 4.31 Å². The number of hydrogen-bond acceptors (Lipinski definition) is 4. The normalized spacial score (nSPS) is 12.4. The van der Waals surface area contributed by atoms with E-state index in [0.717, 1.165) is 22.7 Å². The summed E-state index contributed by atoms with van der Waals surface area (Å²) in [6, 6.07) is 4.24. The Morgan fingerprint density at radius 3 is 2.52 bits per heavy atom. The lowest BCUT2D eigenvalue weighted by Gasteiger charge is -2.19. The lowest BCUT2D eigenvalue weighted by Crippen LogP contribution is -2.34. The van der Waals surface area contributed by atoms with Crippen LogP contribution in [0.5, 0.6) is 0 Å². The lowest BCUT2D eigenvalue weighted by molar-refractivity contribution is -0.137. The predicted octanol–water partition coefficient (Wildman–Crippen LogP) is 2.33. The molecule has 0 saturated heterocycles. The van der Waals surface area contributed by atoms with Crippen molar-refractivity contribution in [2.45, 2.75) is 19.0 Å². The molecule has 25 heavy (non-hydrogen) atoms. The van der Waals surface area contributed by atoms with Gasteiger partial charge in [0.2, 0.25) is 15.9 Å². The number of anilines is 1. The van der Waals surface area contributed by atoms with Gasteiger partial charge < -0.3 is 10.1 Å². The standard InChI is InChI=1S/C15H21F3N2O4S/c1-24-10-4-8-20(25(2,22)23)9-7-14(21)19-13-6-3-5-12(11-13)15(16,17)18/h3,5-6,11H,4,7-10H2,1-2H3,(H,19,21). The van der Waals surface area contributed by atoms with Crippen LogP contribution in [0.3, 0.4) is 0 Å². The van der Waals surface area contributed by atoms with E-state index < -0.39 is 27.7 Å². The average molecular weight is 382 g/mol. The molecular formula is C15H21F3N2O4S. The highest BCUT2D eigenvalue weighted by Crippen LogP contribution is 2.30. The Bertz CT molecular complexity index is 678. The third kappa shape index (κ3) is 7.84. The number of methoxy groups -OCH3 is 1. The minimum atomic E-state index is -4.50. The van der Waals surface area contributed by atoms with Gasteiger partial charge in [-0.2, -0.15) is 13.2 Å². The molecule has 0 aliphatic rings. The second kappa shape index (κ2) is 9.16. The number of nitrogens with zero attached hydrogens (tertiary/aromatic N) is 1. The van der Waals surface area contributed by atoms with E-state index in [-0.39, 0.29) is 25.2 Å². The molecule has 0 bridgehead atoms. The van der Waals surface area contributed by atoms with E-state index in [1.165, 1.54) is 19.2 Å². The molecule has 142 valence electrons. The topological polar surface area (TPSA) is 75.7 Å². The van der Waals surface area contributed by atoms with Gasteiger partial charge in [-0.25, -0.2) is 12.7 Å². The van der Waals surface area contributed by atoms with Gasteiger partial charge in [-0.1, -0.05) is 6.07 Å². The highest BCUT2D eigenvalue weighted by atomic mass is 32.2. The van der Waals surface area contributed by atoms with E-state index in [4.69, 9.17) is 4.74 Å². The Hall–Kier alpha value is -1.65. The maximum Gasteiger partial charge on any atom is 0.416 e. The molecule has 0 radical (unpaired) electrons. The molecule has 0 heterocycles. The number of alkyl halides is 3. The van der Waals surface area contributed by atoms with Crippen molar-refractivity contribution >= 4 is 21.6 Å². The fraction of sp³-hybridized carbons (Fsp3) is 0.533. The minimum absolute atomic E-state index is 0.00473. The molecule has 1 N–H and O–H groups in total.